The molecule has 0 spiro atoms. The van der Waals surface area contributed by atoms with E-state index in [1.54, 1.807) is 11.3 Å². The normalized spacial score (nSPS) is 11.8. The van der Waals surface area contributed by atoms with E-state index in [9.17, 15) is 9.90 Å². The molecule has 0 fully saturated rings. The lowest BCUT2D eigenvalue weighted by Crippen LogP contribution is -2.37. The molecule has 2 aromatic rings. The Morgan fingerprint density at radius 2 is 2.10 bits per heavy atom. The number of aliphatic carboxylic acids is 1. The van der Waals surface area contributed by atoms with Crippen molar-refractivity contribution in [2.75, 3.05) is 11.9 Å². The van der Waals surface area contributed by atoms with Crippen molar-refractivity contribution in [1.82, 2.24) is 9.97 Å². The van der Waals surface area contributed by atoms with Gasteiger partial charge in [-0.15, -0.1) is 11.3 Å². The van der Waals surface area contributed by atoms with Crippen LogP contribution in [0, 0.1) is 12.3 Å². The van der Waals surface area contributed by atoms with Gasteiger partial charge < -0.3 is 10.4 Å². The summed E-state index contributed by atoms with van der Waals surface area (Å²) in [4.78, 5) is 22.1. The van der Waals surface area contributed by atoms with Crippen LogP contribution in [0.4, 0.5) is 5.82 Å². The van der Waals surface area contributed by atoms with Gasteiger partial charge >= 0.3 is 5.97 Å². The van der Waals surface area contributed by atoms with Crippen LogP contribution in [-0.2, 0) is 4.79 Å². The van der Waals surface area contributed by atoms with Crippen molar-refractivity contribution in [2.24, 2.45) is 5.41 Å². The topological polar surface area (TPSA) is 75.1 Å². The number of carboxylic acid groups (broad SMARTS) is 1. The Balaban J connectivity index is 2.26. The lowest BCUT2D eigenvalue weighted by atomic mass is 9.82. The summed E-state index contributed by atoms with van der Waals surface area (Å²) in [7, 11) is 0. The van der Waals surface area contributed by atoms with E-state index >= 15 is 0 Å². The Bertz CT molecular complexity index is 620. The van der Waals surface area contributed by atoms with Crippen LogP contribution in [0.2, 0.25) is 0 Å². The van der Waals surface area contributed by atoms with E-state index in [0.29, 0.717) is 25.2 Å². The van der Waals surface area contributed by atoms with E-state index in [-0.39, 0.29) is 0 Å². The monoisotopic (exact) mass is 293 g/mol. The minimum Gasteiger partial charge on any atom is -0.481 e. The third kappa shape index (κ3) is 2.60. The van der Waals surface area contributed by atoms with Crippen molar-refractivity contribution in [3.8, 4) is 0 Å². The number of carboxylic acids is 1. The Labute approximate surface area is 122 Å². The summed E-state index contributed by atoms with van der Waals surface area (Å²) >= 11 is 1.61. The zero-order valence-electron chi connectivity index (χ0n) is 11.9. The molecule has 6 heteroatoms. The zero-order valence-corrected chi connectivity index (χ0v) is 12.8. The molecule has 0 radical (unpaired) electrons. The lowest BCUT2D eigenvalue weighted by Gasteiger charge is -2.27. The molecule has 0 atom stereocenters. The second-order valence-electron chi connectivity index (χ2n) is 4.94. The first-order chi connectivity index (χ1) is 9.52. The van der Waals surface area contributed by atoms with Gasteiger partial charge in [0.25, 0.3) is 0 Å². The molecule has 0 saturated heterocycles. The molecule has 0 unspecified atom stereocenters. The van der Waals surface area contributed by atoms with E-state index in [1.165, 1.54) is 11.2 Å². The Morgan fingerprint density at radius 3 is 2.70 bits per heavy atom. The van der Waals surface area contributed by atoms with Gasteiger partial charge in [-0.3, -0.25) is 4.79 Å². The first-order valence-electron chi connectivity index (χ1n) is 6.71. The second kappa shape index (κ2) is 5.75. The highest BCUT2D eigenvalue weighted by molar-refractivity contribution is 7.18. The fourth-order valence-electron chi connectivity index (χ4n) is 2.25. The van der Waals surface area contributed by atoms with Crippen LogP contribution in [-0.4, -0.2) is 27.6 Å². The van der Waals surface area contributed by atoms with Gasteiger partial charge in [0.1, 0.15) is 17.0 Å². The van der Waals surface area contributed by atoms with Gasteiger partial charge in [0.2, 0.25) is 0 Å². The molecule has 20 heavy (non-hydrogen) atoms. The molecule has 2 rings (SSSR count). The number of carbonyl (C=O) groups is 1. The molecule has 5 nitrogen and oxygen atoms in total. The minimum atomic E-state index is -0.762. The van der Waals surface area contributed by atoms with Gasteiger partial charge in [-0.2, -0.15) is 0 Å². The Morgan fingerprint density at radius 1 is 1.40 bits per heavy atom. The highest BCUT2D eigenvalue weighted by atomic mass is 32.1. The molecule has 0 aromatic carbocycles. The van der Waals surface area contributed by atoms with E-state index in [1.807, 2.05) is 26.8 Å². The minimum absolute atomic E-state index is 0.371. The van der Waals surface area contributed by atoms with Crippen molar-refractivity contribution in [2.45, 2.75) is 33.6 Å². The predicted octanol–water partition coefficient (Wildman–Crippen LogP) is 3.30. The number of anilines is 1. The maximum Gasteiger partial charge on any atom is 0.311 e. The number of fused-ring (bicyclic) bond motifs is 1. The van der Waals surface area contributed by atoms with Gasteiger partial charge in [0.05, 0.1) is 10.8 Å². The van der Waals surface area contributed by atoms with E-state index in [0.717, 1.165) is 10.2 Å². The summed E-state index contributed by atoms with van der Waals surface area (Å²) in [6.07, 6.45) is 2.69. The fraction of sp³-hybridized carbons (Fsp3) is 0.500. The molecule has 0 aliphatic carbocycles. The first-order valence-corrected chi connectivity index (χ1v) is 7.52. The number of thiophene rings is 1. The average molecular weight is 293 g/mol. The van der Waals surface area contributed by atoms with Crippen LogP contribution in [0.1, 0.15) is 31.6 Å². The SMILES string of the molecule is CCC(CC)(CNc1ncnc2sc(C)cc12)C(=O)O. The molecule has 2 N–H and O–H groups in total. The maximum absolute atomic E-state index is 11.5. The van der Waals surface area contributed by atoms with E-state index in [2.05, 4.69) is 15.3 Å². The third-order valence-corrected chi connectivity index (χ3v) is 4.81. The van der Waals surface area contributed by atoms with E-state index in [4.69, 9.17) is 0 Å². The molecular weight excluding hydrogens is 274 g/mol. The molecule has 0 saturated carbocycles. The quantitative estimate of drug-likeness (QED) is 0.854. The largest absolute Gasteiger partial charge is 0.481 e. The first kappa shape index (κ1) is 14.7. The standard InChI is InChI=1S/C14H19N3O2S/c1-4-14(5-2,13(18)19)7-15-11-10-6-9(3)20-12(10)17-8-16-11/h6,8H,4-5,7H2,1-3H3,(H,18,19)(H,15,16,17). The summed E-state index contributed by atoms with van der Waals surface area (Å²) in [5.74, 6) is -0.0475. The lowest BCUT2D eigenvalue weighted by molar-refractivity contribution is -0.148. The van der Waals surface area contributed by atoms with Crippen molar-refractivity contribution in [3.05, 3.63) is 17.3 Å². The smallest absolute Gasteiger partial charge is 0.311 e. The molecule has 2 heterocycles. The summed E-state index contributed by atoms with van der Waals surface area (Å²) in [5, 5.41) is 13.6. The second-order valence-corrected chi connectivity index (χ2v) is 6.18. The molecule has 0 aliphatic rings. The summed E-state index contributed by atoms with van der Waals surface area (Å²) < 4.78 is 0. The predicted molar refractivity (Wildman–Crippen MR) is 81.3 cm³/mol. The van der Waals surface area contributed by atoms with Crippen molar-refractivity contribution < 1.29 is 9.90 Å². The van der Waals surface area contributed by atoms with Crippen molar-refractivity contribution in [3.63, 3.8) is 0 Å². The third-order valence-electron chi connectivity index (χ3n) is 3.85. The van der Waals surface area contributed by atoms with Crippen LogP contribution in [0.15, 0.2) is 12.4 Å². The number of aromatic nitrogens is 2. The zero-order chi connectivity index (χ0) is 14.8. The van der Waals surface area contributed by atoms with Crippen LogP contribution >= 0.6 is 11.3 Å². The molecule has 108 valence electrons. The molecule has 0 bridgehead atoms. The Kier molecular flexibility index (Phi) is 4.23. The van der Waals surface area contributed by atoms with Crippen LogP contribution < -0.4 is 5.32 Å². The highest BCUT2D eigenvalue weighted by Gasteiger charge is 2.34. The number of rotatable bonds is 6. The number of hydrogen-bond donors (Lipinski definition) is 2. The van der Waals surface area contributed by atoms with Gasteiger partial charge in [-0.1, -0.05) is 13.8 Å². The maximum atomic E-state index is 11.5. The molecular formula is C14H19N3O2S. The van der Waals surface area contributed by atoms with Crippen molar-refractivity contribution in [1.29, 1.82) is 0 Å². The molecule has 2 aromatic heterocycles. The van der Waals surface area contributed by atoms with E-state index < -0.39 is 11.4 Å². The van der Waals surface area contributed by atoms with Crippen LogP contribution in [0.3, 0.4) is 0 Å². The fourth-order valence-corrected chi connectivity index (χ4v) is 3.10. The summed E-state index contributed by atoms with van der Waals surface area (Å²) in [6.45, 7) is 6.21. The van der Waals surface area contributed by atoms with Gasteiger partial charge in [0.15, 0.2) is 0 Å². The van der Waals surface area contributed by atoms with Crippen LogP contribution in [0.25, 0.3) is 10.2 Å². The number of nitrogens with one attached hydrogen (secondary N) is 1. The number of aryl methyl sites for hydroxylation is 1. The summed E-state index contributed by atoms with van der Waals surface area (Å²) in [5.41, 5.74) is -0.748. The number of nitrogens with zero attached hydrogens (tertiary/aromatic N) is 2. The average Bonchev–Trinajstić information content (AvgIpc) is 2.81. The molecule has 0 amide bonds. The highest BCUT2D eigenvalue weighted by Crippen LogP contribution is 2.30. The number of hydrogen-bond acceptors (Lipinski definition) is 5. The Hall–Kier alpha value is -1.69. The van der Waals surface area contributed by atoms with Gasteiger partial charge in [-0.25, -0.2) is 9.97 Å². The van der Waals surface area contributed by atoms with Gasteiger partial charge in [-0.05, 0) is 25.8 Å². The van der Waals surface area contributed by atoms with Crippen LogP contribution in [0.5, 0.6) is 0 Å². The summed E-state index contributed by atoms with van der Waals surface area (Å²) in [6, 6.07) is 2.03. The van der Waals surface area contributed by atoms with Gasteiger partial charge in [0, 0.05) is 11.4 Å². The van der Waals surface area contributed by atoms with Crippen molar-refractivity contribution >= 4 is 33.3 Å². The molecule has 0 aliphatic heterocycles.